The van der Waals surface area contributed by atoms with Gasteiger partial charge in [0.05, 0.1) is 11.6 Å². The van der Waals surface area contributed by atoms with Crippen LogP contribution in [0.2, 0.25) is 0 Å². The molecule has 2 aromatic rings. The first kappa shape index (κ1) is 6.11. The molecule has 0 amide bonds. The Balaban J connectivity index is 2.21. The lowest BCUT2D eigenvalue weighted by atomic mass is 10.3. The number of rotatable bonds is 1. The summed E-state index contributed by atoms with van der Waals surface area (Å²) < 4.78 is 0. The smallest absolute Gasteiger partial charge is 0.158 e. The van der Waals surface area contributed by atoms with Crippen LogP contribution >= 0.6 is 0 Å². The van der Waals surface area contributed by atoms with Gasteiger partial charge in [-0.1, -0.05) is 0 Å². The van der Waals surface area contributed by atoms with Crippen LogP contribution in [0.5, 0.6) is 0 Å². The second-order valence-corrected chi connectivity index (χ2v) is 3.18. The van der Waals surface area contributed by atoms with Gasteiger partial charge in [0.2, 0.25) is 0 Å². The van der Waals surface area contributed by atoms with Gasteiger partial charge in [-0.05, 0) is 12.8 Å². The Morgan fingerprint density at radius 3 is 3.08 bits per heavy atom. The molecule has 12 heavy (non-hydrogen) atoms. The molecule has 0 bridgehead atoms. The summed E-state index contributed by atoms with van der Waals surface area (Å²) in [4.78, 5) is 8.64. The van der Waals surface area contributed by atoms with Crippen molar-refractivity contribution in [1.29, 1.82) is 0 Å². The maximum absolute atomic E-state index is 4.37. The van der Waals surface area contributed by atoms with Crippen LogP contribution in [0.25, 0.3) is 11.0 Å². The van der Waals surface area contributed by atoms with E-state index in [2.05, 4.69) is 20.2 Å². The van der Waals surface area contributed by atoms with Gasteiger partial charge in [0, 0.05) is 12.1 Å². The molecule has 0 aromatic carbocycles. The molecule has 0 aliphatic heterocycles. The van der Waals surface area contributed by atoms with Crippen molar-refractivity contribution in [2.24, 2.45) is 0 Å². The molecule has 1 fully saturated rings. The van der Waals surface area contributed by atoms with E-state index in [1.54, 1.807) is 6.20 Å². The van der Waals surface area contributed by atoms with Gasteiger partial charge in [-0.2, -0.15) is 5.10 Å². The summed E-state index contributed by atoms with van der Waals surface area (Å²) in [5, 5.41) is 7.72. The molecule has 2 aromatic heterocycles. The first-order valence-corrected chi connectivity index (χ1v) is 4.09. The maximum atomic E-state index is 4.37. The molecular formula is C8H8N4. The zero-order valence-electron chi connectivity index (χ0n) is 6.49. The first-order valence-electron chi connectivity index (χ1n) is 4.09. The summed E-state index contributed by atoms with van der Waals surface area (Å²) in [6, 6.07) is 0. The topological polar surface area (TPSA) is 54.5 Å². The van der Waals surface area contributed by atoms with Gasteiger partial charge in [-0.3, -0.25) is 5.10 Å². The third kappa shape index (κ3) is 0.809. The van der Waals surface area contributed by atoms with E-state index in [9.17, 15) is 0 Å². The molecule has 0 spiro atoms. The van der Waals surface area contributed by atoms with Crippen LogP contribution in [0.3, 0.4) is 0 Å². The highest BCUT2D eigenvalue weighted by Crippen LogP contribution is 2.37. The minimum Gasteiger partial charge on any atom is -0.261 e. The Hall–Kier alpha value is -1.45. The number of aromatic amines is 1. The summed E-state index contributed by atoms with van der Waals surface area (Å²) in [5.41, 5.74) is 0.854. The average molecular weight is 160 g/mol. The number of nitrogens with one attached hydrogen (secondary N) is 1. The van der Waals surface area contributed by atoms with E-state index in [-0.39, 0.29) is 0 Å². The zero-order valence-corrected chi connectivity index (χ0v) is 6.49. The van der Waals surface area contributed by atoms with Gasteiger partial charge in [-0.25, -0.2) is 9.97 Å². The van der Waals surface area contributed by atoms with Gasteiger partial charge in [0.15, 0.2) is 5.65 Å². The highest BCUT2D eigenvalue weighted by molar-refractivity contribution is 5.72. The number of fused-ring (bicyclic) bond motifs is 1. The minimum atomic E-state index is 0.609. The molecule has 60 valence electrons. The SMILES string of the molecule is c1n[nH]c2nc(C3CC3)ncc12. The largest absolute Gasteiger partial charge is 0.261 e. The fraction of sp³-hybridized carbons (Fsp3) is 0.375. The standard InChI is InChI=1S/C8H8N4/c1-2-5(1)7-9-3-6-4-10-12-8(6)11-7/h3-5H,1-2H2,(H,9,10,11,12). The van der Waals surface area contributed by atoms with E-state index in [0.29, 0.717) is 5.92 Å². The lowest BCUT2D eigenvalue weighted by Crippen LogP contribution is -1.91. The Kier molecular flexibility index (Phi) is 1.03. The molecule has 4 heteroatoms. The molecule has 2 heterocycles. The van der Waals surface area contributed by atoms with Crippen molar-refractivity contribution in [3.8, 4) is 0 Å². The van der Waals surface area contributed by atoms with Crippen LogP contribution in [0, 0.1) is 0 Å². The molecule has 0 saturated heterocycles. The predicted molar refractivity (Wildman–Crippen MR) is 43.7 cm³/mol. The van der Waals surface area contributed by atoms with Crippen molar-refractivity contribution in [3.05, 3.63) is 18.2 Å². The van der Waals surface area contributed by atoms with E-state index in [0.717, 1.165) is 16.9 Å². The van der Waals surface area contributed by atoms with Crippen LogP contribution in [-0.2, 0) is 0 Å². The second-order valence-electron chi connectivity index (χ2n) is 3.18. The fourth-order valence-electron chi connectivity index (χ4n) is 1.29. The van der Waals surface area contributed by atoms with Gasteiger partial charge in [0.1, 0.15) is 5.82 Å². The Labute approximate surface area is 69.0 Å². The third-order valence-corrected chi connectivity index (χ3v) is 2.15. The molecular weight excluding hydrogens is 152 g/mol. The van der Waals surface area contributed by atoms with Crippen molar-refractivity contribution < 1.29 is 0 Å². The van der Waals surface area contributed by atoms with Gasteiger partial charge in [0.25, 0.3) is 0 Å². The summed E-state index contributed by atoms with van der Waals surface area (Å²) in [5.74, 6) is 1.57. The van der Waals surface area contributed by atoms with Gasteiger partial charge >= 0.3 is 0 Å². The van der Waals surface area contributed by atoms with Crippen molar-refractivity contribution in [2.75, 3.05) is 0 Å². The fourth-order valence-corrected chi connectivity index (χ4v) is 1.29. The highest BCUT2D eigenvalue weighted by atomic mass is 15.1. The van der Waals surface area contributed by atoms with Crippen LogP contribution in [0.1, 0.15) is 24.6 Å². The third-order valence-electron chi connectivity index (χ3n) is 2.15. The molecule has 1 saturated carbocycles. The van der Waals surface area contributed by atoms with E-state index in [1.807, 2.05) is 6.20 Å². The molecule has 1 aliphatic rings. The number of aromatic nitrogens is 4. The summed E-state index contributed by atoms with van der Waals surface area (Å²) in [6.45, 7) is 0. The first-order chi connectivity index (χ1) is 5.93. The molecule has 0 radical (unpaired) electrons. The molecule has 3 rings (SSSR count). The maximum Gasteiger partial charge on any atom is 0.158 e. The monoisotopic (exact) mass is 160 g/mol. The summed E-state index contributed by atoms with van der Waals surface area (Å²) >= 11 is 0. The van der Waals surface area contributed by atoms with E-state index >= 15 is 0 Å². The van der Waals surface area contributed by atoms with Crippen LogP contribution in [-0.4, -0.2) is 20.2 Å². The lowest BCUT2D eigenvalue weighted by molar-refractivity contribution is 0.938. The predicted octanol–water partition coefficient (Wildman–Crippen LogP) is 1.23. The Bertz CT molecular complexity index is 416. The van der Waals surface area contributed by atoms with Crippen LogP contribution < -0.4 is 0 Å². The lowest BCUT2D eigenvalue weighted by Gasteiger charge is -1.93. The van der Waals surface area contributed by atoms with Crippen molar-refractivity contribution in [2.45, 2.75) is 18.8 Å². The van der Waals surface area contributed by atoms with Crippen molar-refractivity contribution >= 4 is 11.0 Å². The summed E-state index contributed by atoms with van der Waals surface area (Å²) in [6.07, 6.45) is 6.05. The van der Waals surface area contributed by atoms with E-state index in [4.69, 9.17) is 0 Å². The molecule has 4 nitrogen and oxygen atoms in total. The van der Waals surface area contributed by atoms with Crippen molar-refractivity contribution in [1.82, 2.24) is 20.2 Å². The van der Waals surface area contributed by atoms with E-state index in [1.165, 1.54) is 12.8 Å². The molecule has 0 atom stereocenters. The molecule has 0 unspecified atom stereocenters. The van der Waals surface area contributed by atoms with Crippen LogP contribution in [0.4, 0.5) is 0 Å². The van der Waals surface area contributed by atoms with Crippen molar-refractivity contribution in [3.63, 3.8) is 0 Å². The Morgan fingerprint density at radius 1 is 1.33 bits per heavy atom. The quantitative estimate of drug-likeness (QED) is 0.682. The Morgan fingerprint density at radius 2 is 2.25 bits per heavy atom. The normalized spacial score (nSPS) is 17.0. The summed E-state index contributed by atoms with van der Waals surface area (Å²) in [7, 11) is 0. The minimum absolute atomic E-state index is 0.609. The number of nitrogens with zero attached hydrogens (tertiary/aromatic N) is 3. The van der Waals surface area contributed by atoms with E-state index < -0.39 is 0 Å². The zero-order chi connectivity index (χ0) is 7.97. The number of H-pyrrole nitrogens is 1. The van der Waals surface area contributed by atoms with Crippen LogP contribution in [0.15, 0.2) is 12.4 Å². The average Bonchev–Trinajstić information content (AvgIpc) is 2.84. The van der Waals surface area contributed by atoms with Gasteiger partial charge in [-0.15, -0.1) is 0 Å². The molecule has 1 N–H and O–H groups in total. The van der Waals surface area contributed by atoms with Gasteiger partial charge < -0.3 is 0 Å². The molecule has 1 aliphatic carbocycles. The number of hydrogen-bond donors (Lipinski definition) is 1. The second kappa shape index (κ2) is 2.03. The number of hydrogen-bond acceptors (Lipinski definition) is 3. The highest BCUT2D eigenvalue weighted by Gasteiger charge is 2.26.